The van der Waals surface area contributed by atoms with Crippen molar-refractivity contribution in [1.29, 1.82) is 0 Å². The normalized spacial score (nSPS) is 9.93. The van der Waals surface area contributed by atoms with Crippen LogP contribution in [0.1, 0.15) is 5.56 Å². The molecule has 0 saturated heterocycles. The number of nitrogens with two attached hydrogens (primary N) is 1. The maximum atomic E-state index is 10.7. The first-order valence-corrected chi connectivity index (χ1v) is 4.91. The van der Waals surface area contributed by atoms with Crippen LogP contribution in [0.2, 0.25) is 0 Å². The van der Waals surface area contributed by atoms with Crippen molar-refractivity contribution in [3.05, 3.63) is 22.3 Å². The Balaban J connectivity index is 2.90. The van der Waals surface area contributed by atoms with Gasteiger partial charge in [0.05, 0.1) is 6.54 Å². The van der Waals surface area contributed by atoms with Crippen LogP contribution in [-0.4, -0.2) is 24.5 Å². The lowest BCUT2D eigenvalue weighted by Crippen LogP contribution is -2.31. The molecule has 1 aromatic heterocycles. The predicted octanol–water partition coefficient (Wildman–Crippen LogP) is 1.07. The van der Waals surface area contributed by atoms with E-state index in [4.69, 9.17) is 5.73 Å². The van der Waals surface area contributed by atoms with Gasteiger partial charge in [-0.25, -0.2) is 4.98 Å². The minimum Gasteiger partial charge on any atom is -0.368 e. The van der Waals surface area contributed by atoms with Crippen molar-refractivity contribution >= 4 is 27.7 Å². The van der Waals surface area contributed by atoms with Crippen LogP contribution in [-0.2, 0) is 4.79 Å². The summed E-state index contributed by atoms with van der Waals surface area (Å²) >= 11 is 3.32. The van der Waals surface area contributed by atoms with Gasteiger partial charge in [0, 0.05) is 17.7 Å². The fourth-order valence-corrected chi connectivity index (χ4v) is 1.69. The SMILES string of the molecule is Cc1cc(Br)cnc1N(C)CC(N)=O. The predicted molar refractivity (Wildman–Crippen MR) is 59.1 cm³/mol. The molecule has 0 aliphatic rings. The maximum absolute atomic E-state index is 10.7. The van der Waals surface area contributed by atoms with Gasteiger partial charge in [0.1, 0.15) is 5.82 Å². The molecule has 5 heteroatoms. The van der Waals surface area contributed by atoms with Gasteiger partial charge in [-0.3, -0.25) is 4.79 Å². The van der Waals surface area contributed by atoms with Crippen molar-refractivity contribution in [2.24, 2.45) is 5.73 Å². The molecular formula is C9H12BrN3O. The van der Waals surface area contributed by atoms with Crippen molar-refractivity contribution in [3.8, 4) is 0 Å². The minimum absolute atomic E-state index is 0.176. The van der Waals surface area contributed by atoms with Crippen molar-refractivity contribution in [3.63, 3.8) is 0 Å². The van der Waals surface area contributed by atoms with E-state index in [2.05, 4.69) is 20.9 Å². The number of hydrogen-bond acceptors (Lipinski definition) is 3. The van der Waals surface area contributed by atoms with Crippen LogP contribution in [0, 0.1) is 6.92 Å². The number of primary amides is 1. The number of nitrogens with zero attached hydrogens (tertiary/aromatic N) is 2. The molecule has 0 aliphatic heterocycles. The number of pyridine rings is 1. The monoisotopic (exact) mass is 257 g/mol. The van der Waals surface area contributed by atoms with Crippen LogP contribution >= 0.6 is 15.9 Å². The Morgan fingerprint density at radius 3 is 2.86 bits per heavy atom. The molecule has 0 unspecified atom stereocenters. The molecule has 1 aromatic rings. The van der Waals surface area contributed by atoms with E-state index in [9.17, 15) is 4.79 Å². The lowest BCUT2D eigenvalue weighted by Gasteiger charge is -2.18. The molecule has 0 aromatic carbocycles. The number of halogens is 1. The van der Waals surface area contributed by atoms with Gasteiger partial charge >= 0.3 is 0 Å². The van der Waals surface area contributed by atoms with Crippen LogP contribution in [0.3, 0.4) is 0 Å². The van der Waals surface area contributed by atoms with E-state index in [1.807, 2.05) is 13.0 Å². The standard InChI is InChI=1S/C9H12BrN3O/c1-6-3-7(10)4-12-9(6)13(2)5-8(11)14/h3-4H,5H2,1-2H3,(H2,11,14). The third-order valence-electron chi connectivity index (χ3n) is 1.77. The Morgan fingerprint density at radius 2 is 2.36 bits per heavy atom. The van der Waals surface area contributed by atoms with Gasteiger partial charge in [-0.2, -0.15) is 0 Å². The van der Waals surface area contributed by atoms with Crippen molar-refractivity contribution < 1.29 is 4.79 Å². The van der Waals surface area contributed by atoms with E-state index < -0.39 is 0 Å². The number of rotatable bonds is 3. The average Bonchev–Trinajstić information content (AvgIpc) is 2.01. The Bertz CT molecular complexity index is 354. The summed E-state index contributed by atoms with van der Waals surface area (Å²) < 4.78 is 0.922. The summed E-state index contributed by atoms with van der Waals surface area (Å²) in [5.74, 6) is 0.406. The van der Waals surface area contributed by atoms with Crippen molar-refractivity contribution in [2.45, 2.75) is 6.92 Å². The second-order valence-electron chi connectivity index (χ2n) is 3.12. The Labute approximate surface area is 91.2 Å². The molecule has 14 heavy (non-hydrogen) atoms. The minimum atomic E-state index is -0.364. The second kappa shape index (κ2) is 4.41. The first-order chi connectivity index (χ1) is 6.50. The number of likely N-dealkylation sites (N-methyl/N-ethyl adjacent to an activating group) is 1. The number of carbonyl (C=O) groups is 1. The molecule has 0 fully saturated rings. The van der Waals surface area contributed by atoms with Gasteiger partial charge in [-0.1, -0.05) is 0 Å². The summed E-state index contributed by atoms with van der Waals surface area (Å²) in [5.41, 5.74) is 6.10. The largest absolute Gasteiger partial charge is 0.368 e. The van der Waals surface area contributed by atoms with E-state index >= 15 is 0 Å². The number of amides is 1. The van der Waals surface area contributed by atoms with Gasteiger partial charge in [0.15, 0.2) is 0 Å². The highest BCUT2D eigenvalue weighted by atomic mass is 79.9. The van der Waals surface area contributed by atoms with Gasteiger partial charge in [0.2, 0.25) is 5.91 Å². The summed E-state index contributed by atoms with van der Waals surface area (Å²) in [7, 11) is 1.79. The zero-order chi connectivity index (χ0) is 10.7. The molecular weight excluding hydrogens is 246 g/mol. The first-order valence-electron chi connectivity index (χ1n) is 4.12. The highest BCUT2D eigenvalue weighted by Crippen LogP contribution is 2.19. The summed E-state index contributed by atoms with van der Waals surface area (Å²) in [6.07, 6.45) is 1.69. The Morgan fingerprint density at radius 1 is 1.71 bits per heavy atom. The third-order valence-corrected chi connectivity index (χ3v) is 2.21. The van der Waals surface area contributed by atoms with E-state index in [0.29, 0.717) is 0 Å². The molecule has 0 radical (unpaired) electrons. The molecule has 0 bridgehead atoms. The molecule has 1 rings (SSSR count). The van der Waals surface area contributed by atoms with Crippen LogP contribution in [0.15, 0.2) is 16.7 Å². The number of anilines is 1. The van der Waals surface area contributed by atoms with Gasteiger partial charge in [0.25, 0.3) is 0 Å². The van der Waals surface area contributed by atoms with Gasteiger partial charge in [-0.15, -0.1) is 0 Å². The molecule has 0 spiro atoms. The average molecular weight is 258 g/mol. The lowest BCUT2D eigenvalue weighted by molar-refractivity contribution is -0.116. The molecule has 76 valence electrons. The maximum Gasteiger partial charge on any atom is 0.236 e. The molecule has 4 nitrogen and oxygen atoms in total. The second-order valence-corrected chi connectivity index (χ2v) is 4.03. The molecule has 0 aliphatic carbocycles. The summed E-state index contributed by atoms with van der Waals surface area (Å²) in [6, 6.07) is 1.94. The quantitative estimate of drug-likeness (QED) is 0.882. The van der Waals surface area contributed by atoms with Crippen LogP contribution in [0.4, 0.5) is 5.82 Å². The van der Waals surface area contributed by atoms with Gasteiger partial charge < -0.3 is 10.6 Å². The number of carbonyl (C=O) groups excluding carboxylic acids is 1. The summed E-state index contributed by atoms with van der Waals surface area (Å²) in [5, 5.41) is 0. The molecule has 1 amide bonds. The van der Waals surface area contributed by atoms with E-state index in [1.165, 1.54) is 0 Å². The molecule has 1 heterocycles. The third kappa shape index (κ3) is 2.70. The Hall–Kier alpha value is -1.10. The molecule has 0 atom stereocenters. The zero-order valence-electron chi connectivity index (χ0n) is 8.12. The number of hydrogen-bond donors (Lipinski definition) is 1. The fraction of sp³-hybridized carbons (Fsp3) is 0.333. The summed E-state index contributed by atoms with van der Waals surface area (Å²) in [6.45, 7) is 2.11. The van der Waals surface area contributed by atoms with E-state index in [1.54, 1.807) is 18.1 Å². The van der Waals surface area contributed by atoms with E-state index in [0.717, 1.165) is 15.9 Å². The van der Waals surface area contributed by atoms with Gasteiger partial charge in [-0.05, 0) is 34.5 Å². The van der Waals surface area contributed by atoms with Crippen molar-refractivity contribution in [1.82, 2.24) is 4.98 Å². The van der Waals surface area contributed by atoms with Crippen LogP contribution < -0.4 is 10.6 Å². The highest BCUT2D eigenvalue weighted by Gasteiger charge is 2.08. The lowest BCUT2D eigenvalue weighted by atomic mass is 10.3. The molecule has 0 saturated carbocycles. The van der Waals surface area contributed by atoms with Crippen molar-refractivity contribution in [2.75, 3.05) is 18.5 Å². The van der Waals surface area contributed by atoms with E-state index in [-0.39, 0.29) is 12.5 Å². The number of aryl methyl sites for hydroxylation is 1. The zero-order valence-corrected chi connectivity index (χ0v) is 9.71. The summed E-state index contributed by atoms with van der Waals surface area (Å²) in [4.78, 5) is 16.6. The topological polar surface area (TPSA) is 59.2 Å². The Kier molecular flexibility index (Phi) is 3.46. The fourth-order valence-electron chi connectivity index (χ4n) is 1.24. The molecule has 2 N–H and O–H groups in total. The first kappa shape index (κ1) is 11.0. The smallest absolute Gasteiger partial charge is 0.236 e. The van der Waals surface area contributed by atoms with Crippen LogP contribution in [0.25, 0.3) is 0 Å². The van der Waals surface area contributed by atoms with Crippen LogP contribution in [0.5, 0.6) is 0 Å². The number of aromatic nitrogens is 1. The highest BCUT2D eigenvalue weighted by molar-refractivity contribution is 9.10.